The molecule has 2 aromatic heterocycles. The standard InChI is InChI=1S/C23H27N5O3/c1-15(2)18-7-4-5-8-19(18)28-16(3)24-21(26-28)22(29)25-17-10-12-27(13-11-17)23(30)20-9-6-14-31-20/h4-9,14-15,17H,10-13H2,1-3H3,(H,25,29). The van der Waals surface area contributed by atoms with E-state index < -0.39 is 0 Å². The number of amides is 2. The van der Waals surface area contributed by atoms with Crippen molar-refractivity contribution in [2.45, 2.75) is 45.6 Å². The van der Waals surface area contributed by atoms with E-state index in [0.29, 0.717) is 43.4 Å². The van der Waals surface area contributed by atoms with Gasteiger partial charge in [-0.25, -0.2) is 9.67 Å². The number of para-hydroxylation sites is 1. The van der Waals surface area contributed by atoms with Crippen LogP contribution in [-0.4, -0.2) is 50.6 Å². The zero-order valence-electron chi connectivity index (χ0n) is 18.0. The number of piperidine rings is 1. The van der Waals surface area contributed by atoms with Crippen LogP contribution < -0.4 is 5.32 Å². The summed E-state index contributed by atoms with van der Waals surface area (Å²) in [6.45, 7) is 7.23. The van der Waals surface area contributed by atoms with E-state index in [2.05, 4.69) is 35.3 Å². The van der Waals surface area contributed by atoms with Crippen LogP contribution in [0.4, 0.5) is 0 Å². The summed E-state index contributed by atoms with van der Waals surface area (Å²) in [4.78, 5) is 31.3. The molecule has 3 aromatic rings. The van der Waals surface area contributed by atoms with Crippen LogP contribution in [0.2, 0.25) is 0 Å². The van der Waals surface area contributed by atoms with E-state index >= 15 is 0 Å². The Bertz CT molecular complexity index is 1060. The third-order valence-corrected chi connectivity index (χ3v) is 5.61. The van der Waals surface area contributed by atoms with E-state index in [9.17, 15) is 9.59 Å². The minimum absolute atomic E-state index is 0.0247. The average Bonchev–Trinajstić information content (AvgIpc) is 3.44. The molecule has 1 N–H and O–H groups in total. The predicted octanol–water partition coefficient (Wildman–Crippen LogP) is 3.33. The largest absolute Gasteiger partial charge is 0.459 e. The van der Waals surface area contributed by atoms with Crippen LogP contribution in [0.1, 0.15) is 65.2 Å². The number of aromatic nitrogens is 3. The molecule has 1 saturated heterocycles. The summed E-state index contributed by atoms with van der Waals surface area (Å²) in [5.41, 5.74) is 2.09. The van der Waals surface area contributed by atoms with Crippen molar-refractivity contribution in [1.82, 2.24) is 25.0 Å². The van der Waals surface area contributed by atoms with Gasteiger partial charge in [-0.1, -0.05) is 32.0 Å². The van der Waals surface area contributed by atoms with Gasteiger partial charge in [-0.3, -0.25) is 9.59 Å². The average molecular weight is 422 g/mol. The normalized spacial score (nSPS) is 14.8. The second-order valence-corrected chi connectivity index (χ2v) is 8.13. The Balaban J connectivity index is 1.40. The summed E-state index contributed by atoms with van der Waals surface area (Å²) in [7, 11) is 0. The van der Waals surface area contributed by atoms with E-state index in [0.717, 1.165) is 11.3 Å². The SMILES string of the molecule is Cc1nc(C(=O)NC2CCN(C(=O)c3ccco3)CC2)nn1-c1ccccc1C(C)C. The highest BCUT2D eigenvalue weighted by Crippen LogP contribution is 2.23. The highest BCUT2D eigenvalue weighted by molar-refractivity contribution is 5.92. The van der Waals surface area contributed by atoms with Gasteiger partial charge in [0.15, 0.2) is 5.76 Å². The van der Waals surface area contributed by atoms with E-state index in [4.69, 9.17) is 4.42 Å². The summed E-state index contributed by atoms with van der Waals surface area (Å²) >= 11 is 0. The third kappa shape index (κ3) is 4.38. The molecule has 0 atom stereocenters. The lowest BCUT2D eigenvalue weighted by Crippen LogP contribution is -2.46. The molecular formula is C23H27N5O3. The maximum Gasteiger partial charge on any atom is 0.291 e. The van der Waals surface area contributed by atoms with Gasteiger partial charge < -0.3 is 14.6 Å². The monoisotopic (exact) mass is 421 g/mol. The lowest BCUT2D eigenvalue weighted by atomic mass is 10.0. The van der Waals surface area contributed by atoms with Crippen LogP contribution in [-0.2, 0) is 0 Å². The third-order valence-electron chi connectivity index (χ3n) is 5.61. The molecule has 0 saturated carbocycles. The van der Waals surface area contributed by atoms with Crippen molar-refractivity contribution in [3.63, 3.8) is 0 Å². The van der Waals surface area contributed by atoms with Crippen molar-refractivity contribution >= 4 is 11.8 Å². The number of hydrogen-bond donors (Lipinski definition) is 1. The number of aryl methyl sites for hydroxylation is 1. The fraction of sp³-hybridized carbons (Fsp3) is 0.391. The Morgan fingerprint density at radius 1 is 1.13 bits per heavy atom. The highest BCUT2D eigenvalue weighted by Gasteiger charge is 2.27. The minimum Gasteiger partial charge on any atom is -0.459 e. The van der Waals surface area contributed by atoms with E-state index in [1.54, 1.807) is 21.7 Å². The van der Waals surface area contributed by atoms with E-state index in [1.165, 1.54) is 6.26 Å². The van der Waals surface area contributed by atoms with Crippen LogP contribution in [0.25, 0.3) is 5.69 Å². The molecule has 0 bridgehead atoms. The van der Waals surface area contributed by atoms with E-state index in [-0.39, 0.29) is 23.7 Å². The number of carbonyl (C=O) groups is 2. The molecule has 2 amide bonds. The quantitative estimate of drug-likeness (QED) is 0.682. The van der Waals surface area contributed by atoms with Gasteiger partial charge in [0, 0.05) is 19.1 Å². The molecule has 1 fully saturated rings. The van der Waals surface area contributed by atoms with Crippen molar-refractivity contribution < 1.29 is 14.0 Å². The number of likely N-dealkylation sites (tertiary alicyclic amines) is 1. The number of hydrogen-bond acceptors (Lipinski definition) is 5. The first-order valence-corrected chi connectivity index (χ1v) is 10.6. The van der Waals surface area contributed by atoms with Gasteiger partial charge in [0.1, 0.15) is 5.82 Å². The topological polar surface area (TPSA) is 93.3 Å². The van der Waals surface area contributed by atoms with Crippen LogP contribution in [0.15, 0.2) is 47.1 Å². The summed E-state index contributed by atoms with van der Waals surface area (Å²) in [5.74, 6) is 1.08. The molecule has 0 spiro atoms. The van der Waals surface area contributed by atoms with Crippen molar-refractivity contribution in [3.05, 3.63) is 65.6 Å². The number of nitrogens with zero attached hydrogens (tertiary/aromatic N) is 4. The summed E-state index contributed by atoms with van der Waals surface area (Å²) in [5, 5.41) is 7.50. The van der Waals surface area contributed by atoms with Crippen LogP contribution in [0, 0.1) is 6.92 Å². The Hall–Kier alpha value is -3.42. The number of carbonyl (C=O) groups excluding carboxylic acids is 2. The smallest absolute Gasteiger partial charge is 0.291 e. The Morgan fingerprint density at radius 3 is 2.55 bits per heavy atom. The van der Waals surface area contributed by atoms with Crippen LogP contribution in [0.5, 0.6) is 0 Å². The van der Waals surface area contributed by atoms with E-state index in [1.807, 2.05) is 25.1 Å². The van der Waals surface area contributed by atoms with Crippen molar-refractivity contribution in [2.75, 3.05) is 13.1 Å². The minimum atomic E-state index is -0.292. The Morgan fingerprint density at radius 2 is 1.87 bits per heavy atom. The highest BCUT2D eigenvalue weighted by atomic mass is 16.3. The van der Waals surface area contributed by atoms with Crippen LogP contribution in [0.3, 0.4) is 0 Å². The fourth-order valence-corrected chi connectivity index (χ4v) is 3.92. The first kappa shape index (κ1) is 20.8. The van der Waals surface area contributed by atoms with Gasteiger partial charge >= 0.3 is 0 Å². The maximum atomic E-state index is 12.8. The molecule has 4 rings (SSSR count). The molecule has 0 radical (unpaired) electrons. The second-order valence-electron chi connectivity index (χ2n) is 8.13. The molecule has 1 aromatic carbocycles. The van der Waals surface area contributed by atoms with Gasteiger partial charge in [0.2, 0.25) is 5.82 Å². The van der Waals surface area contributed by atoms with Crippen LogP contribution >= 0.6 is 0 Å². The van der Waals surface area contributed by atoms with Gasteiger partial charge in [-0.15, -0.1) is 5.10 Å². The molecule has 8 nitrogen and oxygen atoms in total. The molecular weight excluding hydrogens is 394 g/mol. The molecule has 0 unspecified atom stereocenters. The summed E-state index contributed by atoms with van der Waals surface area (Å²) < 4.78 is 6.92. The van der Waals surface area contributed by atoms with Crippen molar-refractivity contribution in [1.29, 1.82) is 0 Å². The molecule has 3 heterocycles. The molecule has 0 aliphatic carbocycles. The van der Waals surface area contributed by atoms with Gasteiger partial charge in [-0.2, -0.15) is 0 Å². The molecule has 1 aliphatic heterocycles. The lowest BCUT2D eigenvalue weighted by molar-refractivity contribution is 0.0666. The Kier molecular flexibility index (Phi) is 5.88. The Labute approximate surface area is 181 Å². The van der Waals surface area contributed by atoms with Crippen molar-refractivity contribution in [2.24, 2.45) is 0 Å². The summed E-state index contributed by atoms with van der Waals surface area (Å²) in [6, 6.07) is 11.4. The van der Waals surface area contributed by atoms with Gasteiger partial charge in [0.05, 0.1) is 12.0 Å². The number of furan rings is 1. The zero-order chi connectivity index (χ0) is 22.0. The molecule has 8 heteroatoms. The first-order valence-electron chi connectivity index (χ1n) is 10.6. The molecule has 162 valence electrons. The van der Waals surface area contributed by atoms with Crippen molar-refractivity contribution in [3.8, 4) is 5.69 Å². The molecule has 31 heavy (non-hydrogen) atoms. The second kappa shape index (κ2) is 8.75. The first-order chi connectivity index (χ1) is 14.9. The lowest BCUT2D eigenvalue weighted by Gasteiger charge is -2.31. The number of benzene rings is 1. The number of rotatable bonds is 5. The van der Waals surface area contributed by atoms with Gasteiger partial charge in [-0.05, 0) is 49.4 Å². The van der Waals surface area contributed by atoms with Gasteiger partial charge in [0.25, 0.3) is 11.8 Å². The number of nitrogens with one attached hydrogen (secondary N) is 1. The zero-order valence-corrected chi connectivity index (χ0v) is 18.0. The molecule has 1 aliphatic rings. The summed E-state index contributed by atoms with van der Waals surface area (Å²) in [6.07, 6.45) is 2.84. The predicted molar refractivity (Wildman–Crippen MR) is 115 cm³/mol. The fourth-order valence-electron chi connectivity index (χ4n) is 3.92. The maximum absolute atomic E-state index is 12.8.